The van der Waals surface area contributed by atoms with Gasteiger partial charge in [0, 0.05) is 29.9 Å². The zero-order valence-electron chi connectivity index (χ0n) is 20.7. The molecule has 3 heterocycles. The molecule has 0 aliphatic carbocycles. The van der Waals surface area contributed by atoms with Gasteiger partial charge in [-0.3, -0.25) is 4.79 Å². The second kappa shape index (κ2) is 10.2. The molecule has 0 aliphatic heterocycles. The van der Waals surface area contributed by atoms with E-state index in [0.717, 1.165) is 6.20 Å². The molecule has 5 rings (SSSR count). The van der Waals surface area contributed by atoms with E-state index in [1.54, 1.807) is 42.9 Å². The summed E-state index contributed by atoms with van der Waals surface area (Å²) in [7, 11) is 1.76. The van der Waals surface area contributed by atoms with Crippen molar-refractivity contribution >= 4 is 28.4 Å². The smallest absolute Gasteiger partial charge is 0.271 e. The number of hydrogen-bond donors (Lipinski definition) is 1. The minimum Gasteiger partial charge on any atom is -0.487 e. The molecule has 0 bridgehead atoms. The van der Waals surface area contributed by atoms with Crippen molar-refractivity contribution in [3.05, 3.63) is 100 Å². The van der Waals surface area contributed by atoms with Crippen LogP contribution in [0.5, 0.6) is 5.75 Å². The van der Waals surface area contributed by atoms with Crippen molar-refractivity contribution in [2.75, 3.05) is 0 Å². The van der Waals surface area contributed by atoms with Gasteiger partial charge in [0.1, 0.15) is 29.4 Å². The molecule has 1 atom stereocenters. The third-order valence-electron chi connectivity index (χ3n) is 6.03. The number of carbonyl (C=O) groups excluding carboxylic acids is 1. The van der Waals surface area contributed by atoms with Gasteiger partial charge in [0.15, 0.2) is 5.82 Å². The van der Waals surface area contributed by atoms with Crippen LogP contribution in [0.25, 0.3) is 16.6 Å². The van der Waals surface area contributed by atoms with Crippen molar-refractivity contribution in [1.29, 1.82) is 0 Å². The van der Waals surface area contributed by atoms with Crippen LogP contribution in [0.4, 0.5) is 8.78 Å². The minimum atomic E-state index is -0.592. The number of aromatic nitrogens is 5. The molecule has 1 amide bonds. The number of benzene rings is 2. The Hall–Kier alpha value is -4.31. The highest BCUT2D eigenvalue weighted by Crippen LogP contribution is 2.32. The number of imidazole rings is 1. The summed E-state index contributed by atoms with van der Waals surface area (Å²) in [5.74, 6) is -0.938. The van der Waals surface area contributed by atoms with Crippen LogP contribution in [0, 0.1) is 18.6 Å². The summed E-state index contributed by atoms with van der Waals surface area (Å²) in [5.41, 5.74) is 3.11. The van der Waals surface area contributed by atoms with Crippen LogP contribution in [-0.2, 0) is 13.7 Å². The highest BCUT2D eigenvalue weighted by Gasteiger charge is 2.20. The zero-order valence-corrected chi connectivity index (χ0v) is 21.5. The Morgan fingerprint density at radius 3 is 2.71 bits per heavy atom. The number of halogens is 3. The third-order valence-corrected chi connectivity index (χ3v) is 6.36. The maximum atomic E-state index is 14.4. The number of aryl methyl sites for hydroxylation is 2. The van der Waals surface area contributed by atoms with Crippen LogP contribution in [0.15, 0.2) is 61.3 Å². The molecule has 3 aromatic heterocycles. The molecule has 5 aromatic rings. The first-order valence-corrected chi connectivity index (χ1v) is 12.1. The summed E-state index contributed by atoms with van der Waals surface area (Å²) in [6, 6.07) is 9.13. The Morgan fingerprint density at radius 2 is 2.00 bits per heavy atom. The molecule has 0 saturated heterocycles. The lowest BCUT2D eigenvalue weighted by atomic mass is 10.0. The van der Waals surface area contributed by atoms with E-state index in [0.29, 0.717) is 39.2 Å². The summed E-state index contributed by atoms with van der Waals surface area (Å²) >= 11 is 6.44. The second-order valence-corrected chi connectivity index (χ2v) is 9.31. The number of carbonyl (C=O) groups is 1. The van der Waals surface area contributed by atoms with Crippen molar-refractivity contribution < 1.29 is 18.3 Å². The fourth-order valence-corrected chi connectivity index (χ4v) is 4.53. The van der Waals surface area contributed by atoms with Gasteiger partial charge >= 0.3 is 0 Å². The van der Waals surface area contributed by atoms with Crippen LogP contribution in [0.2, 0.25) is 5.02 Å². The van der Waals surface area contributed by atoms with E-state index in [-0.39, 0.29) is 17.3 Å². The van der Waals surface area contributed by atoms with Gasteiger partial charge in [0.2, 0.25) is 0 Å². The Balaban J connectivity index is 1.46. The van der Waals surface area contributed by atoms with Gasteiger partial charge in [-0.1, -0.05) is 23.7 Å². The predicted molar refractivity (Wildman–Crippen MR) is 138 cm³/mol. The number of fused-ring (bicyclic) bond motifs is 1. The molecule has 0 radical (unpaired) electrons. The first kappa shape index (κ1) is 25.3. The molecule has 11 heteroatoms. The summed E-state index contributed by atoms with van der Waals surface area (Å²) in [4.78, 5) is 21.3. The lowest BCUT2D eigenvalue weighted by molar-refractivity contribution is 0.0934. The van der Waals surface area contributed by atoms with E-state index < -0.39 is 23.6 Å². The SMILES string of the molecule is Cc1cc(-n2cc(F)cn2)c2cccc(OCc3c(Cl)cc(F)cc3[C@H](C)NC(=O)c3cn(C)cn3)c2n1. The van der Waals surface area contributed by atoms with Crippen molar-refractivity contribution in [3.8, 4) is 11.4 Å². The van der Waals surface area contributed by atoms with Crippen molar-refractivity contribution in [2.45, 2.75) is 26.5 Å². The number of hydrogen-bond acceptors (Lipinski definition) is 5. The molecule has 194 valence electrons. The predicted octanol–water partition coefficient (Wildman–Crippen LogP) is 5.46. The molecular weight excluding hydrogens is 514 g/mol. The number of para-hydroxylation sites is 1. The van der Waals surface area contributed by atoms with Gasteiger partial charge < -0.3 is 14.6 Å². The number of nitrogens with zero attached hydrogens (tertiary/aromatic N) is 5. The summed E-state index contributed by atoms with van der Waals surface area (Å²) in [6.07, 6.45) is 5.53. The van der Waals surface area contributed by atoms with Gasteiger partial charge in [-0.2, -0.15) is 5.10 Å². The quantitative estimate of drug-likeness (QED) is 0.298. The van der Waals surface area contributed by atoms with Gasteiger partial charge in [-0.15, -0.1) is 0 Å². The van der Waals surface area contributed by atoms with E-state index >= 15 is 0 Å². The number of ether oxygens (including phenoxy) is 1. The second-order valence-electron chi connectivity index (χ2n) is 8.90. The van der Waals surface area contributed by atoms with E-state index in [1.807, 2.05) is 13.0 Å². The van der Waals surface area contributed by atoms with Crippen LogP contribution in [0.3, 0.4) is 0 Å². The van der Waals surface area contributed by atoms with Crippen molar-refractivity contribution in [1.82, 2.24) is 29.6 Å². The average molecular weight is 537 g/mol. The molecule has 8 nitrogen and oxygen atoms in total. The highest BCUT2D eigenvalue weighted by atomic mass is 35.5. The lowest BCUT2D eigenvalue weighted by Gasteiger charge is -2.20. The Kier molecular flexibility index (Phi) is 6.81. The van der Waals surface area contributed by atoms with Gasteiger partial charge in [-0.25, -0.2) is 23.4 Å². The first-order chi connectivity index (χ1) is 18.2. The van der Waals surface area contributed by atoms with Crippen molar-refractivity contribution in [2.24, 2.45) is 7.05 Å². The summed E-state index contributed by atoms with van der Waals surface area (Å²) in [6.45, 7) is 3.53. The molecule has 38 heavy (non-hydrogen) atoms. The summed E-state index contributed by atoms with van der Waals surface area (Å²) < 4.78 is 37.3. The maximum absolute atomic E-state index is 14.4. The molecule has 0 saturated carbocycles. The zero-order chi connectivity index (χ0) is 27.0. The van der Waals surface area contributed by atoms with E-state index in [9.17, 15) is 13.6 Å². The molecule has 0 aliphatic rings. The number of rotatable bonds is 7. The molecule has 0 unspecified atom stereocenters. The van der Waals surface area contributed by atoms with E-state index in [1.165, 1.54) is 29.3 Å². The standard InChI is InChI=1S/C27H23ClF2N6O2/c1-15-7-24(36-11-18(30)10-32-36)19-5-4-6-25(26(19)33-15)38-13-21-20(8-17(29)9-22(21)28)16(2)34-27(37)23-12-35(3)14-31-23/h4-12,14,16H,13H2,1-3H3,(H,34,37)/t16-/m0/s1. The van der Waals surface area contributed by atoms with Gasteiger partial charge in [-0.05, 0) is 43.7 Å². The van der Waals surface area contributed by atoms with Crippen LogP contribution >= 0.6 is 11.6 Å². The van der Waals surface area contributed by atoms with E-state index in [4.69, 9.17) is 16.3 Å². The topological polar surface area (TPSA) is 86.9 Å². The molecule has 2 aromatic carbocycles. The number of pyridine rings is 1. The Bertz CT molecular complexity index is 1670. The number of nitrogens with one attached hydrogen (secondary N) is 1. The van der Waals surface area contributed by atoms with Crippen molar-refractivity contribution in [3.63, 3.8) is 0 Å². The molecule has 0 spiro atoms. The first-order valence-electron chi connectivity index (χ1n) is 11.7. The fourth-order valence-electron chi connectivity index (χ4n) is 4.26. The fraction of sp³-hybridized carbons (Fsp3) is 0.185. The van der Waals surface area contributed by atoms with E-state index in [2.05, 4.69) is 20.4 Å². The molecular formula is C27H23ClF2N6O2. The van der Waals surface area contributed by atoms with Gasteiger partial charge in [0.05, 0.1) is 35.5 Å². The Labute approximate surface area is 221 Å². The molecule has 1 N–H and O–H groups in total. The normalized spacial score (nSPS) is 12.1. The van der Waals surface area contributed by atoms with Crippen LogP contribution < -0.4 is 10.1 Å². The summed E-state index contributed by atoms with van der Waals surface area (Å²) in [5, 5.41) is 7.78. The maximum Gasteiger partial charge on any atom is 0.271 e. The third kappa shape index (κ3) is 5.08. The molecule has 0 fully saturated rings. The monoisotopic (exact) mass is 536 g/mol. The highest BCUT2D eigenvalue weighted by molar-refractivity contribution is 6.31. The van der Waals surface area contributed by atoms with Crippen LogP contribution in [0.1, 0.15) is 40.3 Å². The van der Waals surface area contributed by atoms with Gasteiger partial charge in [0.25, 0.3) is 5.91 Å². The minimum absolute atomic E-state index is 0.0152. The Morgan fingerprint density at radius 1 is 1.18 bits per heavy atom. The largest absolute Gasteiger partial charge is 0.487 e. The van der Waals surface area contributed by atoms with Crippen LogP contribution in [-0.4, -0.2) is 30.2 Å². The number of amides is 1. The average Bonchev–Trinajstić information content (AvgIpc) is 3.50. The lowest BCUT2D eigenvalue weighted by Crippen LogP contribution is -2.28.